The van der Waals surface area contributed by atoms with Gasteiger partial charge in [0.05, 0.1) is 5.69 Å². The van der Waals surface area contributed by atoms with E-state index in [0.717, 1.165) is 0 Å². The van der Waals surface area contributed by atoms with Gasteiger partial charge in [0.15, 0.2) is 0 Å². The Balaban J connectivity index is 0.00000200. The summed E-state index contributed by atoms with van der Waals surface area (Å²) in [5.41, 5.74) is -4.27. The summed E-state index contributed by atoms with van der Waals surface area (Å²) in [4.78, 5) is 9.41. The molecule has 0 saturated heterocycles. The summed E-state index contributed by atoms with van der Waals surface area (Å²) in [6.07, 6.45) is -9.25. The fourth-order valence-corrected chi connectivity index (χ4v) is 1.35. The Kier molecular flexibility index (Phi) is 4.60. The van der Waals surface area contributed by atoms with Gasteiger partial charge in [0.25, 0.3) is 0 Å². The Hall–Kier alpha value is -1.41. The fraction of sp³-hybridized carbons (Fsp3) is 0.200. The number of imidazole rings is 1. The number of aromatic nitrogens is 3. The second-order valence-electron chi connectivity index (χ2n) is 3.45. The van der Waals surface area contributed by atoms with Gasteiger partial charge in [0.1, 0.15) is 0 Å². The molecular formula is C10H4F6IrN3-. The molecule has 0 spiro atoms. The standard InChI is InChI=1S/C10H4F6N3.Ir/c11-9(12,13)6-7(10(14,15)16)19-8(18-6)5-3-1-2-4-17-5;/h1-4H;/q-1;. The number of alkyl halides is 6. The first-order chi connectivity index (χ1) is 8.69. The van der Waals surface area contributed by atoms with E-state index in [4.69, 9.17) is 0 Å². The Morgan fingerprint density at radius 2 is 1.60 bits per heavy atom. The largest absolute Gasteiger partial charge is 0.430 e. The first kappa shape index (κ1) is 16.6. The Morgan fingerprint density at radius 1 is 0.950 bits per heavy atom. The summed E-state index contributed by atoms with van der Waals surface area (Å²) in [5, 5.41) is 0. The maximum atomic E-state index is 12.5. The zero-order chi connectivity index (χ0) is 14.3. The monoisotopic (exact) mass is 473 g/mol. The minimum Gasteiger partial charge on any atom is -0.430 e. The topological polar surface area (TPSA) is 39.9 Å². The van der Waals surface area contributed by atoms with Crippen LogP contribution in [0.3, 0.4) is 0 Å². The van der Waals surface area contributed by atoms with Crippen LogP contribution in [-0.4, -0.2) is 9.97 Å². The molecule has 20 heavy (non-hydrogen) atoms. The summed E-state index contributed by atoms with van der Waals surface area (Å²) in [6, 6.07) is 4.08. The molecule has 2 rings (SSSR count). The van der Waals surface area contributed by atoms with Crippen molar-refractivity contribution >= 4 is 0 Å². The third-order valence-corrected chi connectivity index (χ3v) is 2.09. The third kappa shape index (κ3) is 3.37. The van der Waals surface area contributed by atoms with E-state index in [9.17, 15) is 26.3 Å². The summed E-state index contributed by atoms with van der Waals surface area (Å²) in [5.74, 6) is -0.708. The van der Waals surface area contributed by atoms with Crippen molar-refractivity contribution in [3.8, 4) is 11.5 Å². The van der Waals surface area contributed by atoms with E-state index in [1.165, 1.54) is 24.4 Å². The van der Waals surface area contributed by atoms with Gasteiger partial charge < -0.3 is 9.97 Å². The maximum Gasteiger partial charge on any atom is 0.412 e. The molecular weight excluding hydrogens is 468 g/mol. The van der Waals surface area contributed by atoms with Gasteiger partial charge in [-0.15, -0.1) is 0 Å². The Bertz CT molecular complexity index is 543. The van der Waals surface area contributed by atoms with Gasteiger partial charge in [-0.2, -0.15) is 26.3 Å². The molecule has 2 aromatic heterocycles. The minimum atomic E-state index is -5.23. The summed E-state index contributed by atoms with van der Waals surface area (Å²) >= 11 is 0. The van der Waals surface area contributed by atoms with Crippen molar-refractivity contribution in [1.82, 2.24) is 15.0 Å². The zero-order valence-electron chi connectivity index (χ0n) is 9.25. The molecule has 0 N–H and O–H groups in total. The summed E-state index contributed by atoms with van der Waals surface area (Å²) in [7, 11) is 0. The fourth-order valence-electron chi connectivity index (χ4n) is 1.35. The average molecular weight is 472 g/mol. The maximum absolute atomic E-state index is 12.5. The van der Waals surface area contributed by atoms with Gasteiger partial charge in [0.2, 0.25) is 0 Å². The van der Waals surface area contributed by atoms with Crippen LogP contribution in [0.5, 0.6) is 0 Å². The van der Waals surface area contributed by atoms with E-state index < -0.39 is 29.6 Å². The molecule has 0 aromatic carbocycles. The molecule has 10 heteroatoms. The second kappa shape index (κ2) is 5.53. The van der Waals surface area contributed by atoms with Crippen molar-refractivity contribution in [3.63, 3.8) is 0 Å². The molecule has 0 saturated carbocycles. The number of hydrogen-bond donors (Lipinski definition) is 0. The molecule has 0 aliphatic rings. The van der Waals surface area contributed by atoms with Crippen molar-refractivity contribution in [1.29, 1.82) is 0 Å². The second-order valence-corrected chi connectivity index (χ2v) is 3.45. The van der Waals surface area contributed by atoms with Gasteiger partial charge in [-0.05, 0) is 18.0 Å². The molecule has 0 unspecified atom stereocenters. The van der Waals surface area contributed by atoms with Gasteiger partial charge >= 0.3 is 12.4 Å². The van der Waals surface area contributed by atoms with Crippen molar-refractivity contribution in [2.45, 2.75) is 12.4 Å². The van der Waals surface area contributed by atoms with Crippen LogP contribution < -0.4 is 4.98 Å². The van der Waals surface area contributed by atoms with Crippen LogP contribution in [0.1, 0.15) is 11.4 Å². The predicted octanol–water partition coefficient (Wildman–Crippen LogP) is 3.14. The Morgan fingerprint density at radius 3 is 2.00 bits per heavy atom. The van der Waals surface area contributed by atoms with Crippen LogP contribution in [0, 0.1) is 0 Å². The van der Waals surface area contributed by atoms with Crippen LogP contribution >= 0.6 is 0 Å². The predicted molar refractivity (Wildman–Crippen MR) is 50.8 cm³/mol. The zero-order valence-corrected chi connectivity index (χ0v) is 11.6. The van der Waals surface area contributed by atoms with Crippen molar-refractivity contribution in [2.75, 3.05) is 0 Å². The number of hydrogen-bond acceptors (Lipinski definition) is 2. The Labute approximate surface area is 121 Å². The van der Waals surface area contributed by atoms with E-state index in [1.807, 2.05) is 0 Å². The molecule has 0 atom stereocenters. The van der Waals surface area contributed by atoms with Gasteiger partial charge in [-0.3, -0.25) is 4.98 Å². The van der Waals surface area contributed by atoms with Gasteiger partial charge in [-0.1, -0.05) is 6.07 Å². The molecule has 0 aliphatic heterocycles. The van der Waals surface area contributed by atoms with Crippen molar-refractivity contribution in [3.05, 3.63) is 35.8 Å². The molecule has 0 amide bonds. The number of rotatable bonds is 1. The molecule has 0 fully saturated rings. The molecule has 0 bridgehead atoms. The molecule has 1 radical (unpaired) electrons. The van der Waals surface area contributed by atoms with Gasteiger partial charge in [0, 0.05) is 37.7 Å². The normalized spacial score (nSPS) is 12.1. The molecule has 3 nitrogen and oxygen atoms in total. The first-order valence-corrected chi connectivity index (χ1v) is 4.80. The smallest absolute Gasteiger partial charge is 0.412 e. The van der Waals surface area contributed by atoms with E-state index in [0.29, 0.717) is 0 Å². The van der Waals surface area contributed by atoms with E-state index >= 15 is 0 Å². The summed E-state index contributed by atoms with van der Waals surface area (Å²) in [6.45, 7) is 0. The first-order valence-electron chi connectivity index (χ1n) is 4.80. The number of pyridine rings is 1. The average Bonchev–Trinajstić information content (AvgIpc) is 2.74. The van der Waals surface area contributed by atoms with E-state index in [2.05, 4.69) is 15.0 Å². The van der Waals surface area contributed by atoms with Crippen LogP contribution in [0.25, 0.3) is 11.5 Å². The van der Waals surface area contributed by atoms with E-state index in [1.54, 1.807) is 0 Å². The quantitative estimate of drug-likeness (QED) is 0.599. The molecule has 2 heterocycles. The number of halogens is 6. The van der Waals surface area contributed by atoms with Crippen LogP contribution in [0.2, 0.25) is 0 Å². The van der Waals surface area contributed by atoms with Crippen LogP contribution in [0.15, 0.2) is 24.4 Å². The molecule has 0 aliphatic carbocycles. The summed E-state index contributed by atoms with van der Waals surface area (Å²) < 4.78 is 74.9. The molecule has 111 valence electrons. The van der Waals surface area contributed by atoms with Gasteiger partial charge in [-0.25, -0.2) is 0 Å². The van der Waals surface area contributed by atoms with E-state index in [-0.39, 0.29) is 25.8 Å². The van der Waals surface area contributed by atoms with Crippen LogP contribution in [-0.2, 0) is 32.5 Å². The third-order valence-electron chi connectivity index (χ3n) is 2.09. The van der Waals surface area contributed by atoms with Crippen LogP contribution in [0.4, 0.5) is 26.3 Å². The molecule has 2 aromatic rings. The SMILES string of the molecule is FC(F)(F)c1nc(-c2ccccn2)[n-]c1C(F)(F)F.[Ir]. The van der Waals surface area contributed by atoms with Crippen molar-refractivity contribution in [2.24, 2.45) is 0 Å². The van der Waals surface area contributed by atoms with Crippen molar-refractivity contribution < 1.29 is 46.4 Å². The minimum absolute atomic E-state index is 0. The number of nitrogens with zero attached hydrogens (tertiary/aromatic N) is 3.